The van der Waals surface area contributed by atoms with Gasteiger partial charge in [-0.3, -0.25) is 0 Å². The van der Waals surface area contributed by atoms with Crippen LogP contribution >= 0.6 is 0 Å². The van der Waals surface area contributed by atoms with Crippen molar-refractivity contribution in [1.29, 1.82) is 0 Å². The van der Waals surface area contributed by atoms with Crippen molar-refractivity contribution in [3.8, 4) is 16.9 Å². The highest BCUT2D eigenvalue weighted by molar-refractivity contribution is 5.64. The van der Waals surface area contributed by atoms with E-state index in [4.69, 9.17) is 10.5 Å². The largest absolute Gasteiger partial charge is 0.494 e. The topological polar surface area (TPSA) is 35.2 Å². The van der Waals surface area contributed by atoms with E-state index in [0.29, 0.717) is 13.2 Å². The Morgan fingerprint density at radius 3 is 1.85 bits per heavy atom. The Balaban J connectivity index is 2.21. The Kier molecular flexibility index (Phi) is 4.46. The molecule has 2 N–H and O–H groups in total. The predicted octanol–water partition coefficient (Wildman–Crippen LogP) is 3.99. The minimum absolute atomic E-state index is 0.0252. The summed E-state index contributed by atoms with van der Waals surface area (Å²) in [6.07, 6.45) is 0. The molecule has 0 unspecified atom stereocenters. The van der Waals surface area contributed by atoms with E-state index in [9.17, 15) is 0 Å². The van der Waals surface area contributed by atoms with Crippen LogP contribution in [0.1, 0.15) is 26.3 Å². The molecule has 0 fully saturated rings. The van der Waals surface area contributed by atoms with Gasteiger partial charge in [0.2, 0.25) is 0 Å². The third-order valence-electron chi connectivity index (χ3n) is 3.68. The van der Waals surface area contributed by atoms with Gasteiger partial charge in [0.05, 0.1) is 6.61 Å². The Morgan fingerprint density at radius 2 is 1.40 bits per heavy atom. The molecule has 0 aromatic heterocycles. The quantitative estimate of drug-likeness (QED) is 0.890. The minimum Gasteiger partial charge on any atom is -0.494 e. The molecule has 0 spiro atoms. The normalized spacial score (nSPS) is 11.4. The highest BCUT2D eigenvalue weighted by atomic mass is 16.5. The molecule has 0 atom stereocenters. The Labute approximate surface area is 121 Å². The number of benzene rings is 2. The molecule has 0 aliphatic heterocycles. The van der Waals surface area contributed by atoms with Gasteiger partial charge in [-0.15, -0.1) is 0 Å². The third-order valence-corrected chi connectivity index (χ3v) is 3.68. The molecule has 2 aromatic carbocycles. The molecule has 2 nitrogen and oxygen atoms in total. The van der Waals surface area contributed by atoms with Gasteiger partial charge in [0.1, 0.15) is 5.75 Å². The van der Waals surface area contributed by atoms with Gasteiger partial charge in [-0.2, -0.15) is 0 Å². The molecule has 0 bridgehead atoms. The molecular weight excluding hydrogens is 246 g/mol. The van der Waals surface area contributed by atoms with Gasteiger partial charge in [-0.25, -0.2) is 0 Å². The van der Waals surface area contributed by atoms with Crippen LogP contribution in [0.4, 0.5) is 0 Å². The predicted molar refractivity (Wildman–Crippen MR) is 85.1 cm³/mol. The number of nitrogens with two attached hydrogens (primary N) is 1. The maximum Gasteiger partial charge on any atom is 0.119 e. The lowest BCUT2D eigenvalue weighted by Crippen LogP contribution is -2.27. The molecule has 2 rings (SSSR count). The van der Waals surface area contributed by atoms with Crippen LogP contribution in [0.3, 0.4) is 0 Å². The van der Waals surface area contributed by atoms with E-state index in [-0.39, 0.29) is 5.41 Å². The van der Waals surface area contributed by atoms with E-state index in [1.54, 1.807) is 0 Å². The van der Waals surface area contributed by atoms with Crippen LogP contribution in [-0.4, -0.2) is 13.2 Å². The highest BCUT2D eigenvalue weighted by Gasteiger charge is 2.17. The summed E-state index contributed by atoms with van der Waals surface area (Å²) in [5.74, 6) is 0.914. The average molecular weight is 269 g/mol. The molecule has 2 aromatic rings. The second-order valence-corrected chi connectivity index (χ2v) is 5.62. The summed E-state index contributed by atoms with van der Waals surface area (Å²) in [5, 5.41) is 0. The molecule has 0 saturated heterocycles. The molecule has 0 saturated carbocycles. The van der Waals surface area contributed by atoms with Crippen molar-refractivity contribution in [1.82, 2.24) is 0 Å². The lowest BCUT2D eigenvalue weighted by atomic mass is 9.84. The fourth-order valence-corrected chi connectivity index (χ4v) is 2.14. The van der Waals surface area contributed by atoms with Gasteiger partial charge in [-0.05, 0) is 35.7 Å². The van der Waals surface area contributed by atoms with Gasteiger partial charge in [0, 0.05) is 12.0 Å². The molecule has 20 heavy (non-hydrogen) atoms. The molecule has 0 amide bonds. The van der Waals surface area contributed by atoms with Crippen LogP contribution in [0.25, 0.3) is 11.1 Å². The van der Waals surface area contributed by atoms with Crippen molar-refractivity contribution in [2.45, 2.75) is 26.2 Å². The first-order valence-electron chi connectivity index (χ1n) is 7.10. The van der Waals surface area contributed by atoms with E-state index in [2.05, 4.69) is 50.2 Å². The highest BCUT2D eigenvalue weighted by Crippen LogP contribution is 2.27. The van der Waals surface area contributed by atoms with Crippen molar-refractivity contribution in [2.75, 3.05) is 13.2 Å². The fourth-order valence-electron chi connectivity index (χ4n) is 2.14. The van der Waals surface area contributed by atoms with Crippen molar-refractivity contribution < 1.29 is 4.74 Å². The maximum atomic E-state index is 5.82. The monoisotopic (exact) mass is 269 g/mol. The third kappa shape index (κ3) is 3.20. The van der Waals surface area contributed by atoms with Crippen molar-refractivity contribution in [3.63, 3.8) is 0 Å². The number of hydrogen-bond donors (Lipinski definition) is 1. The van der Waals surface area contributed by atoms with Crippen molar-refractivity contribution >= 4 is 0 Å². The lowest BCUT2D eigenvalue weighted by molar-refractivity contribution is 0.340. The summed E-state index contributed by atoms with van der Waals surface area (Å²) in [5.41, 5.74) is 9.53. The average Bonchev–Trinajstić information content (AvgIpc) is 2.48. The van der Waals surface area contributed by atoms with Crippen molar-refractivity contribution in [2.24, 2.45) is 5.73 Å². The Hall–Kier alpha value is -1.80. The van der Waals surface area contributed by atoms with Crippen LogP contribution < -0.4 is 10.5 Å². The first kappa shape index (κ1) is 14.6. The van der Waals surface area contributed by atoms with Crippen LogP contribution in [0.2, 0.25) is 0 Å². The first-order chi connectivity index (χ1) is 9.56. The number of rotatable bonds is 5. The Morgan fingerprint density at radius 1 is 0.900 bits per heavy atom. The van der Waals surface area contributed by atoms with Crippen molar-refractivity contribution in [3.05, 3.63) is 54.1 Å². The molecule has 2 heteroatoms. The number of hydrogen-bond acceptors (Lipinski definition) is 2. The SMILES string of the molecule is CCOc1ccc(-c2ccc(C(C)(C)CN)cc2)cc1. The Bertz CT molecular complexity index is 541. The van der Waals surface area contributed by atoms with E-state index in [1.165, 1.54) is 16.7 Å². The molecule has 0 radical (unpaired) electrons. The molecule has 106 valence electrons. The zero-order valence-corrected chi connectivity index (χ0v) is 12.5. The summed E-state index contributed by atoms with van der Waals surface area (Å²) in [4.78, 5) is 0. The van der Waals surface area contributed by atoms with Gasteiger partial charge >= 0.3 is 0 Å². The summed E-state index contributed by atoms with van der Waals surface area (Å²) >= 11 is 0. The van der Waals surface area contributed by atoms with Gasteiger partial charge in [-0.1, -0.05) is 50.2 Å². The molecule has 0 aliphatic rings. The van der Waals surface area contributed by atoms with Gasteiger partial charge in [0.15, 0.2) is 0 Å². The first-order valence-corrected chi connectivity index (χ1v) is 7.10. The minimum atomic E-state index is 0.0252. The van der Waals surface area contributed by atoms with Crippen LogP contribution in [0, 0.1) is 0 Å². The summed E-state index contributed by atoms with van der Waals surface area (Å²) < 4.78 is 5.46. The second kappa shape index (κ2) is 6.10. The van der Waals surface area contributed by atoms with E-state index >= 15 is 0 Å². The van der Waals surface area contributed by atoms with Crippen LogP contribution in [-0.2, 0) is 5.41 Å². The zero-order valence-electron chi connectivity index (χ0n) is 12.5. The van der Waals surface area contributed by atoms with Gasteiger partial charge in [0.25, 0.3) is 0 Å². The molecule has 0 heterocycles. The van der Waals surface area contributed by atoms with Gasteiger partial charge < -0.3 is 10.5 Å². The summed E-state index contributed by atoms with van der Waals surface area (Å²) in [7, 11) is 0. The molecular formula is C18H23NO. The smallest absolute Gasteiger partial charge is 0.119 e. The number of ether oxygens (including phenoxy) is 1. The summed E-state index contributed by atoms with van der Waals surface area (Å²) in [6.45, 7) is 7.67. The maximum absolute atomic E-state index is 5.82. The van der Waals surface area contributed by atoms with Crippen LogP contribution in [0.5, 0.6) is 5.75 Å². The van der Waals surface area contributed by atoms with Crippen LogP contribution in [0.15, 0.2) is 48.5 Å². The lowest BCUT2D eigenvalue weighted by Gasteiger charge is -2.23. The second-order valence-electron chi connectivity index (χ2n) is 5.62. The zero-order chi connectivity index (χ0) is 14.6. The fraction of sp³-hybridized carbons (Fsp3) is 0.333. The summed E-state index contributed by atoms with van der Waals surface area (Å²) in [6, 6.07) is 16.8. The van der Waals surface area contributed by atoms with E-state index < -0.39 is 0 Å². The van der Waals surface area contributed by atoms with E-state index in [1.807, 2.05) is 19.1 Å². The molecule has 0 aliphatic carbocycles. The standard InChI is InChI=1S/C18H23NO/c1-4-20-17-11-7-15(8-12-17)14-5-9-16(10-6-14)18(2,3)13-19/h5-12H,4,13,19H2,1-3H3. The van der Waals surface area contributed by atoms with E-state index in [0.717, 1.165) is 5.75 Å².